The number of nitrogens with one attached hydrogen (secondary N) is 2. The van der Waals surface area contributed by atoms with E-state index in [0.29, 0.717) is 5.56 Å². The van der Waals surface area contributed by atoms with Gasteiger partial charge in [0.05, 0.1) is 23.2 Å². The van der Waals surface area contributed by atoms with E-state index in [-0.39, 0.29) is 5.56 Å². The van der Waals surface area contributed by atoms with Gasteiger partial charge in [0.15, 0.2) is 0 Å². The maximum atomic E-state index is 12.6. The zero-order valence-corrected chi connectivity index (χ0v) is 14.0. The lowest BCUT2D eigenvalue weighted by atomic mass is 10.2. The van der Waals surface area contributed by atoms with Crippen LogP contribution >= 0.6 is 0 Å². The number of benzene rings is 2. The van der Waals surface area contributed by atoms with Crippen LogP contribution in [0.3, 0.4) is 0 Å². The number of anilines is 1. The maximum Gasteiger partial charge on any atom is 0.280 e. The molecule has 1 heterocycles. The Kier molecular flexibility index (Phi) is 4.33. The van der Waals surface area contributed by atoms with Crippen molar-refractivity contribution in [1.82, 2.24) is 9.78 Å². The molecule has 0 amide bonds. The Bertz CT molecular complexity index is 933. The summed E-state index contributed by atoms with van der Waals surface area (Å²) in [6, 6.07) is 15.7. The minimum atomic E-state index is -0.119. The van der Waals surface area contributed by atoms with Crippen molar-refractivity contribution in [3.05, 3.63) is 81.3 Å². The van der Waals surface area contributed by atoms with Crippen molar-refractivity contribution in [3.8, 4) is 5.69 Å². The largest absolute Gasteiger partial charge is 0.295 e. The first kappa shape index (κ1) is 15.8. The first-order valence-corrected chi connectivity index (χ1v) is 7.79. The fourth-order valence-electron chi connectivity index (χ4n) is 2.47. The number of aromatic amines is 1. The zero-order chi connectivity index (χ0) is 17.1. The Morgan fingerprint density at radius 3 is 2.50 bits per heavy atom. The van der Waals surface area contributed by atoms with Gasteiger partial charge in [-0.25, -0.2) is 4.68 Å². The van der Waals surface area contributed by atoms with Crippen LogP contribution in [-0.2, 0) is 0 Å². The van der Waals surface area contributed by atoms with Crippen molar-refractivity contribution in [3.63, 3.8) is 0 Å². The molecule has 0 radical (unpaired) electrons. The molecule has 0 fully saturated rings. The van der Waals surface area contributed by atoms with Crippen molar-refractivity contribution < 1.29 is 0 Å². The molecule has 0 aliphatic carbocycles. The zero-order valence-electron chi connectivity index (χ0n) is 14.0. The van der Waals surface area contributed by atoms with E-state index in [1.807, 2.05) is 69.3 Å². The van der Waals surface area contributed by atoms with Crippen molar-refractivity contribution in [2.24, 2.45) is 5.10 Å². The first-order valence-electron chi connectivity index (χ1n) is 7.79. The van der Waals surface area contributed by atoms with Crippen molar-refractivity contribution >= 4 is 11.9 Å². The topological polar surface area (TPSA) is 62.2 Å². The SMILES string of the molecule is Cc1ccc(-n2[nH]c(C)c(C=NNc3cccc(C)c3)c2=O)cc1. The number of H-pyrrole nitrogens is 1. The number of rotatable bonds is 4. The van der Waals surface area contributed by atoms with Gasteiger partial charge in [-0.1, -0.05) is 29.8 Å². The maximum absolute atomic E-state index is 12.6. The van der Waals surface area contributed by atoms with E-state index in [4.69, 9.17) is 0 Å². The third kappa shape index (κ3) is 3.30. The predicted molar refractivity (Wildman–Crippen MR) is 98.3 cm³/mol. The lowest BCUT2D eigenvalue weighted by molar-refractivity contribution is 0.835. The molecule has 0 unspecified atom stereocenters. The lowest BCUT2D eigenvalue weighted by Gasteiger charge is -2.01. The van der Waals surface area contributed by atoms with E-state index in [1.54, 1.807) is 6.21 Å². The van der Waals surface area contributed by atoms with Crippen LogP contribution in [-0.4, -0.2) is 16.0 Å². The quantitative estimate of drug-likeness (QED) is 0.570. The summed E-state index contributed by atoms with van der Waals surface area (Å²) in [5.41, 5.74) is 8.14. The normalized spacial score (nSPS) is 11.1. The highest BCUT2D eigenvalue weighted by Crippen LogP contribution is 2.10. The van der Waals surface area contributed by atoms with Gasteiger partial charge >= 0.3 is 0 Å². The van der Waals surface area contributed by atoms with Crippen LogP contribution in [0.25, 0.3) is 5.69 Å². The smallest absolute Gasteiger partial charge is 0.280 e. The summed E-state index contributed by atoms with van der Waals surface area (Å²) >= 11 is 0. The Hall–Kier alpha value is -3.08. The fraction of sp³-hybridized carbons (Fsp3) is 0.158. The molecule has 24 heavy (non-hydrogen) atoms. The Morgan fingerprint density at radius 1 is 1.04 bits per heavy atom. The van der Waals surface area contributed by atoms with Gasteiger partial charge in [0.1, 0.15) is 0 Å². The molecule has 0 atom stereocenters. The molecule has 0 saturated heterocycles. The summed E-state index contributed by atoms with van der Waals surface area (Å²) in [6.07, 6.45) is 1.56. The molecule has 2 N–H and O–H groups in total. The summed E-state index contributed by atoms with van der Waals surface area (Å²) < 4.78 is 1.53. The van der Waals surface area contributed by atoms with Crippen LogP contribution in [0.5, 0.6) is 0 Å². The first-order chi connectivity index (χ1) is 11.5. The highest BCUT2D eigenvalue weighted by molar-refractivity contribution is 5.81. The van der Waals surface area contributed by atoms with Gasteiger partial charge in [0.25, 0.3) is 5.56 Å². The average Bonchev–Trinajstić information content (AvgIpc) is 2.84. The number of aryl methyl sites for hydroxylation is 3. The highest BCUT2D eigenvalue weighted by atomic mass is 16.1. The second kappa shape index (κ2) is 6.58. The van der Waals surface area contributed by atoms with E-state index in [0.717, 1.165) is 28.2 Å². The molecule has 122 valence electrons. The van der Waals surface area contributed by atoms with Crippen LogP contribution in [0.1, 0.15) is 22.4 Å². The molecule has 5 heteroatoms. The summed E-state index contributed by atoms with van der Waals surface area (Å²) in [7, 11) is 0. The van der Waals surface area contributed by atoms with Crippen LogP contribution in [0.15, 0.2) is 58.4 Å². The predicted octanol–water partition coefficient (Wildman–Crippen LogP) is 3.54. The van der Waals surface area contributed by atoms with Crippen molar-refractivity contribution in [1.29, 1.82) is 0 Å². The number of nitrogens with zero attached hydrogens (tertiary/aromatic N) is 2. The van der Waals surface area contributed by atoms with E-state index in [9.17, 15) is 4.79 Å². The number of hydrogen-bond donors (Lipinski definition) is 2. The average molecular weight is 320 g/mol. The molecule has 2 aromatic carbocycles. The van der Waals surface area contributed by atoms with Gasteiger partial charge in [-0.2, -0.15) is 5.10 Å². The Morgan fingerprint density at radius 2 is 1.79 bits per heavy atom. The van der Waals surface area contributed by atoms with E-state index in [1.165, 1.54) is 4.68 Å². The molecule has 5 nitrogen and oxygen atoms in total. The minimum Gasteiger partial charge on any atom is -0.295 e. The standard InChI is InChI=1S/C19H20N4O/c1-13-7-9-17(10-8-13)23-19(24)18(15(3)22-23)12-20-21-16-6-4-5-14(2)11-16/h4-12,21-22H,1-3H3. The van der Waals surface area contributed by atoms with Gasteiger partial charge in [0.2, 0.25) is 0 Å². The molecule has 0 aliphatic heterocycles. The summed E-state index contributed by atoms with van der Waals surface area (Å²) in [5, 5.41) is 7.28. The third-order valence-electron chi connectivity index (χ3n) is 3.81. The van der Waals surface area contributed by atoms with Crippen LogP contribution in [0, 0.1) is 20.8 Å². The summed E-state index contributed by atoms with van der Waals surface area (Å²) in [5.74, 6) is 0. The van der Waals surface area contributed by atoms with Gasteiger partial charge in [0, 0.05) is 5.69 Å². The van der Waals surface area contributed by atoms with Crippen molar-refractivity contribution in [2.75, 3.05) is 5.43 Å². The molecule has 0 spiro atoms. The van der Waals surface area contributed by atoms with Crippen LogP contribution in [0.2, 0.25) is 0 Å². The second-order valence-corrected chi connectivity index (χ2v) is 5.87. The number of aromatic nitrogens is 2. The van der Waals surface area contributed by atoms with Gasteiger partial charge < -0.3 is 0 Å². The number of hydrogen-bond acceptors (Lipinski definition) is 3. The van der Waals surface area contributed by atoms with Crippen LogP contribution < -0.4 is 11.0 Å². The minimum absolute atomic E-state index is 0.119. The van der Waals surface area contributed by atoms with Crippen molar-refractivity contribution in [2.45, 2.75) is 20.8 Å². The second-order valence-electron chi connectivity index (χ2n) is 5.87. The molecule has 0 saturated carbocycles. The molecule has 1 aromatic heterocycles. The van der Waals surface area contributed by atoms with Gasteiger partial charge in [-0.3, -0.25) is 15.3 Å². The molecule has 0 bridgehead atoms. The number of hydrazone groups is 1. The lowest BCUT2D eigenvalue weighted by Crippen LogP contribution is -2.17. The van der Waals surface area contributed by atoms with Gasteiger partial charge in [-0.05, 0) is 50.6 Å². The van der Waals surface area contributed by atoms with E-state index < -0.39 is 0 Å². The summed E-state index contributed by atoms with van der Waals surface area (Å²) in [6.45, 7) is 5.90. The Balaban J connectivity index is 1.85. The third-order valence-corrected chi connectivity index (χ3v) is 3.81. The molecule has 3 rings (SSSR count). The molecular weight excluding hydrogens is 300 g/mol. The fourth-order valence-corrected chi connectivity index (χ4v) is 2.47. The van der Waals surface area contributed by atoms with Gasteiger partial charge in [-0.15, -0.1) is 0 Å². The highest BCUT2D eigenvalue weighted by Gasteiger charge is 2.10. The monoisotopic (exact) mass is 320 g/mol. The molecular formula is C19H20N4O. The molecule has 0 aliphatic rings. The Labute approximate surface area is 140 Å². The van der Waals surface area contributed by atoms with E-state index >= 15 is 0 Å². The molecule has 3 aromatic rings. The summed E-state index contributed by atoms with van der Waals surface area (Å²) in [4.78, 5) is 12.6. The van der Waals surface area contributed by atoms with Crippen LogP contribution in [0.4, 0.5) is 5.69 Å². The van der Waals surface area contributed by atoms with E-state index in [2.05, 4.69) is 15.6 Å².